The molecule has 2 aliphatic heterocycles. The molecule has 10 heteroatoms. The zero-order valence-electron chi connectivity index (χ0n) is 17.3. The second-order valence-electron chi connectivity index (χ2n) is 8.79. The van der Waals surface area contributed by atoms with Crippen molar-refractivity contribution < 1.29 is 8.78 Å². The number of piperidine rings is 1. The lowest BCUT2D eigenvalue weighted by atomic mass is 9.95. The molecule has 2 aromatic heterocycles. The normalized spacial score (nSPS) is 22.8. The summed E-state index contributed by atoms with van der Waals surface area (Å²) in [5.74, 6) is 0.0738. The van der Waals surface area contributed by atoms with Gasteiger partial charge in [-0.25, -0.2) is 13.8 Å². The highest BCUT2D eigenvalue weighted by Crippen LogP contribution is 2.47. The summed E-state index contributed by atoms with van der Waals surface area (Å²) in [4.78, 5) is 12.6. The third kappa shape index (κ3) is 3.44. The molecule has 2 fully saturated rings. The highest BCUT2D eigenvalue weighted by atomic mass is 35.5. The summed E-state index contributed by atoms with van der Waals surface area (Å²) in [7, 11) is 0. The minimum Gasteiger partial charge on any atom is -0.355 e. The first-order valence-corrected chi connectivity index (χ1v) is 11.2. The Morgan fingerprint density at radius 1 is 1.06 bits per heavy atom. The third-order valence-corrected chi connectivity index (χ3v) is 6.96. The largest absolute Gasteiger partial charge is 0.355 e. The molecule has 1 saturated carbocycles. The smallest absolute Gasteiger partial charge is 0.265 e. The van der Waals surface area contributed by atoms with Gasteiger partial charge in [0.25, 0.3) is 5.92 Å². The van der Waals surface area contributed by atoms with E-state index in [1.165, 1.54) is 0 Å². The number of benzene rings is 1. The predicted octanol–water partition coefficient (Wildman–Crippen LogP) is 3.82. The van der Waals surface area contributed by atoms with Crippen molar-refractivity contribution >= 4 is 17.4 Å². The summed E-state index contributed by atoms with van der Waals surface area (Å²) in [6, 6.07) is 4.92. The number of anilines is 1. The zero-order valence-corrected chi connectivity index (χ0v) is 18.1. The SMILES string of the molecule is FC1(F)CC1N1Cc2cc(Cl)ccc2-n2c(nnc2C2CCN(c3cnccn3)CC2)C1. The second-order valence-corrected chi connectivity index (χ2v) is 9.23. The van der Waals surface area contributed by atoms with E-state index >= 15 is 0 Å². The number of aromatic nitrogens is 5. The number of nitrogens with zero attached hydrogens (tertiary/aromatic N) is 7. The van der Waals surface area contributed by atoms with Gasteiger partial charge in [0.05, 0.1) is 24.5 Å². The van der Waals surface area contributed by atoms with Crippen LogP contribution in [0.25, 0.3) is 5.69 Å². The van der Waals surface area contributed by atoms with Crippen LogP contribution in [0.5, 0.6) is 0 Å². The Labute approximate surface area is 189 Å². The molecule has 0 N–H and O–H groups in total. The molecule has 3 aromatic rings. The number of fused-ring (bicyclic) bond motifs is 3. The molecule has 0 spiro atoms. The van der Waals surface area contributed by atoms with Crippen LogP contribution >= 0.6 is 11.6 Å². The van der Waals surface area contributed by atoms with Crippen molar-refractivity contribution in [2.24, 2.45) is 0 Å². The highest BCUT2D eigenvalue weighted by molar-refractivity contribution is 6.30. The predicted molar refractivity (Wildman–Crippen MR) is 115 cm³/mol. The van der Waals surface area contributed by atoms with Gasteiger partial charge in [0.1, 0.15) is 11.6 Å². The fraction of sp³-hybridized carbons (Fsp3) is 0.455. The minimum atomic E-state index is -2.64. The van der Waals surface area contributed by atoms with E-state index in [0.29, 0.717) is 23.9 Å². The summed E-state index contributed by atoms with van der Waals surface area (Å²) >= 11 is 6.27. The molecule has 4 heterocycles. The van der Waals surface area contributed by atoms with Gasteiger partial charge in [-0.15, -0.1) is 10.2 Å². The number of alkyl halides is 2. The first-order chi connectivity index (χ1) is 15.5. The third-order valence-electron chi connectivity index (χ3n) is 6.72. The van der Waals surface area contributed by atoms with Crippen LogP contribution in [-0.4, -0.2) is 54.7 Å². The van der Waals surface area contributed by atoms with E-state index in [-0.39, 0.29) is 12.3 Å². The Balaban J connectivity index is 1.32. The molecule has 6 rings (SSSR count). The Morgan fingerprint density at radius 2 is 1.88 bits per heavy atom. The fourth-order valence-corrected chi connectivity index (χ4v) is 5.15. The lowest BCUT2D eigenvalue weighted by Gasteiger charge is -2.32. The average molecular weight is 458 g/mol. The second kappa shape index (κ2) is 7.45. The van der Waals surface area contributed by atoms with Crippen LogP contribution in [-0.2, 0) is 13.1 Å². The molecule has 166 valence electrons. The van der Waals surface area contributed by atoms with E-state index in [0.717, 1.165) is 48.8 Å². The van der Waals surface area contributed by atoms with E-state index in [1.807, 2.05) is 23.1 Å². The molecule has 1 atom stereocenters. The number of halogens is 3. The molecule has 1 saturated heterocycles. The van der Waals surface area contributed by atoms with Crippen molar-refractivity contribution in [1.82, 2.24) is 29.6 Å². The minimum absolute atomic E-state index is 0.106. The van der Waals surface area contributed by atoms with Crippen LogP contribution in [0.1, 0.15) is 42.4 Å². The van der Waals surface area contributed by atoms with Gasteiger partial charge in [-0.1, -0.05) is 11.6 Å². The molecule has 1 unspecified atom stereocenters. The first kappa shape index (κ1) is 20.0. The number of hydrogen-bond donors (Lipinski definition) is 0. The van der Waals surface area contributed by atoms with Gasteiger partial charge in [-0.3, -0.25) is 14.5 Å². The summed E-state index contributed by atoms with van der Waals surface area (Å²) in [5.41, 5.74) is 1.87. The maximum Gasteiger partial charge on any atom is 0.265 e. The van der Waals surface area contributed by atoms with E-state index in [1.54, 1.807) is 18.6 Å². The molecular weight excluding hydrogens is 436 g/mol. The van der Waals surface area contributed by atoms with Crippen molar-refractivity contribution in [2.45, 2.75) is 50.2 Å². The molecular formula is C22H22ClF2N7. The van der Waals surface area contributed by atoms with E-state index in [4.69, 9.17) is 11.6 Å². The highest BCUT2D eigenvalue weighted by Gasteiger charge is 2.60. The van der Waals surface area contributed by atoms with Gasteiger partial charge in [0.15, 0.2) is 5.82 Å². The molecule has 0 radical (unpaired) electrons. The van der Waals surface area contributed by atoms with Crippen LogP contribution < -0.4 is 4.90 Å². The van der Waals surface area contributed by atoms with Gasteiger partial charge in [-0.2, -0.15) is 0 Å². The van der Waals surface area contributed by atoms with Crippen molar-refractivity contribution in [1.29, 1.82) is 0 Å². The van der Waals surface area contributed by atoms with Crippen LogP contribution in [0, 0.1) is 0 Å². The van der Waals surface area contributed by atoms with Crippen molar-refractivity contribution in [3.8, 4) is 5.69 Å². The maximum atomic E-state index is 13.9. The summed E-state index contributed by atoms with van der Waals surface area (Å²) in [5, 5.41) is 9.61. The molecule has 0 bridgehead atoms. The van der Waals surface area contributed by atoms with Crippen LogP contribution in [0.4, 0.5) is 14.6 Å². The number of rotatable bonds is 3. The summed E-state index contributed by atoms with van der Waals surface area (Å²) < 4.78 is 29.9. The Morgan fingerprint density at radius 3 is 2.59 bits per heavy atom. The molecule has 0 amide bonds. The lowest BCUT2D eigenvalue weighted by Crippen LogP contribution is -2.34. The van der Waals surface area contributed by atoms with Gasteiger partial charge >= 0.3 is 0 Å². The van der Waals surface area contributed by atoms with Gasteiger partial charge in [-0.05, 0) is 36.6 Å². The Kier molecular flexibility index (Phi) is 4.65. The maximum absolute atomic E-state index is 13.9. The molecule has 3 aliphatic rings. The summed E-state index contributed by atoms with van der Waals surface area (Å²) in [6.45, 7) is 2.46. The van der Waals surface area contributed by atoms with Crippen LogP contribution in [0.3, 0.4) is 0 Å². The van der Waals surface area contributed by atoms with Crippen LogP contribution in [0.2, 0.25) is 5.02 Å². The summed E-state index contributed by atoms with van der Waals surface area (Å²) in [6.07, 6.45) is 6.86. The quantitative estimate of drug-likeness (QED) is 0.596. The van der Waals surface area contributed by atoms with E-state index < -0.39 is 12.0 Å². The Bertz CT molecular complexity index is 1140. The van der Waals surface area contributed by atoms with E-state index in [2.05, 4.69) is 29.6 Å². The van der Waals surface area contributed by atoms with Gasteiger partial charge < -0.3 is 4.90 Å². The average Bonchev–Trinajstić information content (AvgIpc) is 3.30. The monoisotopic (exact) mass is 457 g/mol. The van der Waals surface area contributed by atoms with Crippen molar-refractivity contribution in [3.63, 3.8) is 0 Å². The van der Waals surface area contributed by atoms with Crippen LogP contribution in [0.15, 0.2) is 36.8 Å². The zero-order chi connectivity index (χ0) is 21.9. The van der Waals surface area contributed by atoms with E-state index in [9.17, 15) is 8.78 Å². The molecule has 1 aromatic carbocycles. The van der Waals surface area contributed by atoms with Crippen molar-refractivity contribution in [3.05, 3.63) is 59.0 Å². The topological polar surface area (TPSA) is 63.0 Å². The lowest BCUT2D eigenvalue weighted by molar-refractivity contribution is 0.0663. The molecule has 32 heavy (non-hydrogen) atoms. The molecule has 7 nitrogen and oxygen atoms in total. The number of hydrogen-bond acceptors (Lipinski definition) is 6. The Hall–Kier alpha value is -2.65. The van der Waals surface area contributed by atoms with Gasteiger partial charge in [0, 0.05) is 49.4 Å². The first-order valence-electron chi connectivity index (χ1n) is 10.9. The standard InChI is InChI=1S/C22H22ClF2N7/c23-16-1-2-17-15(9-16)12-31(18-10-22(18,24)25)13-20-28-29-21(32(17)20)14-3-7-30(8-4-14)19-11-26-5-6-27-19/h1-2,5-6,9,11,14,18H,3-4,7-8,10,12-13H2. The van der Waals surface area contributed by atoms with Crippen molar-refractivity contribution in [2.75, 3.05) is 18.0 Å². The fourth-order valence-electron chi connectivity index (χ4n) is 4.95. The van der Waals surface area contributed by atoms with Gasteiger partial charge in [0.2, 0.25) is 0 Å². The molecule has 1 aliphatic carbocycles.